The third-order valence-corrected chi connectivity index (χ3v) is 12.3. The van der Waals surface area contributed by atoms with Crippen molar-refractivity contribution in [3.63, 3.8) is 0 Å². The average Bonchev–Trinajstić information content (AvgIpc) is 3.99. The van der Waals surface area contributed by atoms with Gasteiger partial charge in [0.05, 0.1) is 13.2 Å². The third-order valence-electron chi connectivity index (χ3n) is 12.3. The molecule has 0 aromatic heterocycles. The number of benzene rings is 2. The fraction of sp³-hybridized carbons (Fsp3) is 0.727. The molecule has 4 nitrogen and oxygen atoms in total. The number of hydrogen-bond donors (Lipinski definition) is 0. The highest BCUT2D eigenvalue weighted by molar-refractivity contribution is 5.53. The predicted octanol–water partition coefficient (Wildman–Crippen LogP) is 11.3. The Morgan fingerprint density at radius 3 is 0.958 bits per heavy atom. The molecule has 0 amide bonds. The SMILES string of the molecule is CCC(Oc1c(C(C)(C)CC)cc(CCc2cc(C(C)(C)CC)c(OC(CC)C3CO3)c(C(C)(C)CC)c2)cc1C(C)(C)CC)C1CO1. The van der Waals surface area contributed by atoms with Gasteiger partial charge in [0.1, 0.15) is 35.9 Å². The average molecular weight is 663 g/mol. The number of aryl methyl sites for hydroxylation is 2. The maximum atomic E-state index is 7.00. The molecule has 2 aliphatic heterocycles. The maximum absolute atomic E-state index is 7.00. The van der Waals surface area contributed by atoms with Gasteiger partial charge in [0.25, 0.3) is 0 Å². The van der Waals surface area contributed by atoms with Crippen LogP contribution in [0.4, 0.5) is 0 Å². The molecule has 4 heteroatoms. The van der Waals surface area contributed by atoms with Gasteiger partial charge in [-0.15, -0.1) is 0 Å². The molecule has 4 atom stereocenters. The molecule has 2 fully saturated rings. The lowest BCUT2D eigenvalue weighted by atomic mass is 9.73. The minimum atomic E-state index is -0.0106. The molecule has 0 aliphatic carbocycles. The number of rotatable bonds is 19. The third kappa shape index (κ3) is 8.63. The first-order chi connectivity index (χ1) is 22.5. The highest BCUT2D eigenvalue weighted by Crippen LogP contribution is 2.47. The van der Waals surface area contributed by atoms with E-state index < -0.39 is 0 Å². The summed E-state index contributed by atoms with van der Waals surface area (Å²) in [5.41, 5.74) is 8.13. The molecular formula is C44H70O4. The lowest BCUT2D eigenvalue weighted by molar-refractivity contribution is 0.148. The standard InChI is InChI=1S/C44H70O4/c1-15-35(37-27-45-37)47-39-31(41(7,8)17-3)23-29(24-32(39)42(9,10)18-4)21-22-30-25-33(43(11,12)19-5)40(34(26-30)44(13,14)20-6)48-36(16-2)38-28-46-38/h23-26,35-38H,15-22,27-28H2,1-14H3. The van der Waals surface area contributed by atoms with E-state index in [1.54, 1.807) is 0 Å². The van der Waals surface area contributed by atoms with Gasteiger partial charge in [-0.05, 0) is 84.2 Å². The summed E-state index contributed by atoms with van der Waals surface area (Å²) in [5.74, 6) is 2.20. The second-order valence-corrected chi connectivity index (χ2v) is 17.4. The quantitative estimate of drug-likeness (QED) is 0.140. The molecule has 2 aliphatic rings. The topological polar surface area (TPSA) is 43.5 Å². The van der Waals surface area contributed by atoms with Crippen LogP contribution in [0.1, 0.15) is 169 Å². The molecule has 0 saturated carbocycles. The van der Waals surface area contributed by atoms with E-state index in [0.29, 0.717) is 0 Å². The van der Waals surface area contributed by atoms with Gasteiger partial charge >= 0.3 is 0 Å². The van der Waals surface area contributed by atoms with E-state index in [4.69, 9.17) is 18.9 Å². The Kier molecular flexibility index (Phi) is 12.2. The van der Waals surface area contributed by atoms with E-state index in [0.717, 1.165) is 76.1 Å². The highest BCUT2D eigenvalue weighted by Gasteiger charge is 2.39. The van der Waals surface area contributed by atoms with E-state index in [1.165, 1.54) is 33.4 Å². The van der Waals surface area contributed by atoms with Crippen LogP contribution < -0.4 is 9.47 Å². The Labute approximate surface area is 295 Å². The normalized spacial score (nSPS) is 19.6. The zero-order chi connectivity index (χ0) is 35.7. The molecule has 4 unspecified atom stereocenters. The molecule has 0 bridgehead atoms. The molecular weight excluding hydrogens is 592 g/mol. The summed E-state index contributed by atoms with van der Waals surface area (Å²) in [4.78, 5) is 0. The van der Waals surface area contributed by atoms with Gasteiger partial charge in [-0.2, -0.15) is 0 Å². The molecule has 2 aromatic carbocycles. The molecule has 2 heterocycles. The first-order valence-corrected chi connectivity index (χ1v) is 19.4. The van der Waals surface area contributed by atoms with Crippen molar-refractivity contribution in [2.24, 2.45) is 0 Å². The fourth-order valence-corrected chi connectivity index (χ4v) is 6.67. The summed E-state index contributed by atoms with van der Waals surface area (Å²) in [6.07, 6.45) is 8.66. The second kappa shape index (κ2) is 15.1. The minimum absolute atomic E-state index is 0.0106. The Morgan fingerprint density at radius 2 is 0.771 bits per heavy atom. The Bertz CT molecular complexity index is 1190. The zero-order valence-corrected chi connectivity index (χ0v) is 33.3. The van der Waals surface area contributed by atoms with E-state index in [2.05, 4.69) is 121 Å². The zero-order valence-electron chi connectivity index (χ0n) is 33.3. The number of hydrogen-bond acceptors (Lipinski definition) is 4. The van der Waals surface area contributed by atoms with Gasteiger partial charge in [0.15, 0.2) is 0 Å². The summed E-state index contributed by atoms with van der Waals surface area (Å²) in [7, 11) is 0. The summed E-state index contributed by atoms with van der Waals surface area (Å²) in [6.45, 7) is 34.3. The van der Waals surface area contributed by atoms with Crippen molar-refractivity contribution in [2.45, 2.75) is 194 Å². The van der Waals surface area contributed by atoms with Crippen molar-refractivity contribution in [1.82, 2.24) is 0 Å². The Morgan fingerprint density at radius 1 is 0.521 bits per heavy atom. The molecule has 0 N–H and O–H groups in total. The smallest absolute Gasteiger partial charge is 0.127 e. The van der Waals surface area contributed by atoms with Crippen LogP contribution in [0.25, 0.3) is 0 Å². The van der Waals surface area contributed by atoms with Gasteiger partial charge in [0, 0.05) is 22.3 Å². The summed E-state index contributed by atoms with van der Waals surface area (Å²) in [5, 5.41) is 0. The van der Waals surface area contributed by atoms with E-state index in [1.807, 2.05) is 0 Å². The van der Waals surface area contributed by atoms with Crippen LogP contribution in [0, 0.1) is 0 Å². The van der Waals surface area contributed by atoms with Crippen LogP contribution in [0.3, 0.4) is 0 Å². The van der Waals surface area contributed by atoms with Gasteiger partial charge < -0.3 is 18.9 Å². The summed E-state index contributed by atoms with van der Waals surface area (Å²) >= 11 is 0. The molecule has 0 spiro atoms. The number of ether oxygens (including phenoxy) is 4. The van der Waals surface area contributed by atoms with Gasteiger partial charge in [-0.3, -0.25) is 0 Å². The van der Waals surface area contributed by atoms with E-state index >= 15 is 0 Å². The monoisotopic (exact) mass is 663 g/mol. The fourth-order valence-electron chi connectivity index (χ4n) is 6.67. The van der Waals surface area contributed by atoms with Crippen molar-refractivity contribution < 1.29 is 18.9 Å². The molecule has 48 heavy (non-hydrogen) atoms. The lowest BCUT2D eigenvalue weighted by Crippen LogP contribution is -2.29. The molecule has 2 saturated heterocycles. The van der Waals surface area contributed by atoms with Crippen molar-refractivity contribution in [2.75, 3.05) is 13.2 Å². The van der Waals surface area contributed by atoms with Crippen LogP contribution in [0.2, 0.25) is 0 Å². The van der Waals surface area contributed by atoms with Crippen molar-refractivity contribution in [1.29, 1.82) is 0 Å². The van der Waals surface area contributed by atoms with Crippen molar-refractivity contribution >= 4 is 0 Å². The van der Waals surface area contributed by atoms with Crippen LogP contribution in [0.5, 0.6) is 11.5 Å². The largest absolute Gasteiger partial charge is 0.487 e. The van der Waals surface area contributed by atoms with Crippen LogP contribution in [0.15, 0.2) is 24.3 Å². The second-order valence-electron chi connectivity index (χ2n) is 17.4. The predicted molar refractivity (Wildman–Crippen MR) is 202 cm³/mol. The van der Waals surface area contributed by atoms with Gasteiger partial charge in [-0.25, -0.2) is 0 Å². The summed E-state index contributed by atoms with van der Waals surface area (Å²) < 4.78 is 25.5. The molecule has 270 valence electrons. The van der Waals surface area contributed by atoms with Gasteiger partial charge in [-0.1, -0.05) is 121 Å². The maximum Gasteiger partial charge on any atom is 0.127 e. The van der Waals surface area contributed by atoms with Crippen molar-refractivity contribution in [3.05, 3.63) is 57.6 Å². The minimum Gasteiger partial charge on any atom is -0.487 e. The Balaban J connectivity index is 1.82. The highest BCUT2D eigenvalue weighted by atomic mass is 16.6. The molecule has 4 rings (SSSR count). The number of epoxide rings is 2. The van der Waals surface area contributed by atoms with Crippen LogP contribution >= 0.6 is 0 Å². The van der Waals surface area contributed by atoms with E-state index in [9.17, 15) is 0 Å². The Hall–Kier alpha value is -2.04. The first-order valence-electron chi connectivity index (χ1n) is 19.4. The van der Waals surface area contributed by atoms with Crippen LogP contribution in [-0.4, -0.2) is 37.6 Å². The van der Waals surface area contributed by atoms with Gasteiger partial charge in [0.2, 0.25) is 0 Å². The van der Waals surface area contributed by atoms with Crippen LogP contribution in [-0.2, 0) is 44.0 Å². The summed E-state index contributed by atoms with van der Waals surface area (Å²) in [6, 6.07) is 9.89. The lowest BCUT2D eigenvalue weighted by Gasteiger charge is -2.35. The molecule has 0 radical (unpaired) electrons. The van der Waals surface area contributed by atoms with E-state index in [-0.39, 0.29) is 46.1 Å². The molecule has 2 aromatic rings. The van der Waals surface area contributed by atoms with Crippen molar-refractivity contribution in [3.8, 4) is 11.5 Å². The first kappa shape index (κ1) is 38.8.